The van der Waals surface area contributed by atoms with E-state index in [0.717, 1.165) is 49.8 Å². The van der Waals surface area contributed by atoms with Crippen LogP contribution in [-0.2, 0) is 0 Å². The topological polar surface area (TPSA) is 53.0 Å². The molecule has 1 aromatic heterocycles. The van der Waals surface area contributed by atoms with Gasteiger partial charge in [-0.15, -0.1) is 0 Å². The van der Waals surface area contributed by atoms with Crippen molar-refractivity contribution in [3.05, 3.63) is 53.9 Å². The third-order valence-corrected chi connectivity index (χ3v) is 5.77. The Morgan fingerprint density at radius 3 is 2.62 bits per heavy atom. The van der Waals surface area contributed by atoms with Gasteiger partial charge in [-0.3, -0.25) is 10.4 Å². The summed E-state index contributed by atoms with van der Waals surface area (Å²) in [7, 11) is 0. The van der Waals surface area contributed by atoms with Crippen LogP contribution in [0.4, 0.5) is 5.69 Å². The summed E-state index contributed by atoms with van der Waals surface area (Å²) < 4.78 is 5.63. The Morgan fingerprint density at radius 1 is 1.14 bits per heavy atom. The molecule has 1 N–H and O–H groups in total. The average Bonchev–Trinajstić information content (AvgIpc) is 2.77. The van der Waals surface area contributed by atoms with E-state index in [-0.39, 0.29) is 0 Å². The number of hydrogen-bond acceptors (Lipinski definition) is 5. The van der Waals surface area contributed by atoms with Crippen LogP contribution in [0, 0.1) is 0 Å². The predicted molar refractivity (Wildman–Crippen MR) is 121 cm³/mol. The van der Waals surface area contributed by atoms with Gasteiger partial charge in [-0.05, 0) is 48.0 Å². The van der Waals surface area contributed by atoms with Crippen LogP contribution >= 0.6 is 12.2 Å². The van der Waals surface area contributed by atoms with E-state index in [1.807, 2.05) is 12.1 Å². The number of pyridine rings is 1. The van der Waals surface area contributed by atoms with Crippen LogP contribution < -0.4 is 15.1 Å². The Balaban J connectivity index is 1.33. The van der Waals surface area contributed by atoms with E-state index in [2.05, 4.69) is 63.4 Å². The van der Waals surface area contributed by atoms with E-state index in [1.54, 1.807) is 6.20 Å². The Morgan fingerprint density at radius 2 is 1.90 bits per heavy atom. The monoisotopic (exact) mass is 409 g/mol. The van der Waals surface area contributed by atoms with Crippen LogP contribution in [0.2, 0.25) is 0 Å². The lowest BCUT2D eigenvalue weighted by atomic mass is 10.0. The second-order valence-electron chi connectivity index (χ2n) is 7.64. The summed E-state index contributed by atoms with van der Waals surface area (Å²) >= 11 is 5.58. The van der Waals surface area contributed by atoms with Crippen molar-refractivity contribution < 1.29 is 4.74 Å². The molecule has 0 spiro atoms. The number of anilines is 1. The van der Waals surface area contributed by atoms with Crippen LogP contribution in [0.25, 0.3) is 0 Å². The number of hydrogen-bond donors (Lipinski definition) is 1. The fourth-order valence-electron chi connectivity index (χ4n) is 3.63. The second kappa shape index (κ2) is 8.78. The molecule has 2 aliphatic heterocycles. The molecule has 4 rings (SSSR count). The number of aromatic nitrogens is 1. The van der Waals surface area contributed by atoms with E-state index in [4.69, 9.17) is 17.0 Å². The molecule has 0 atom stereocenters. The largest absolute Gasteiger partial charge is 0.491 e. The molecule has 2 aromatic rings. The minimum atomic E-state index is 0.559. The molecule has 3 heterocycles. The fourth-order valence-corrected chi connectivity index (χ4v) is 3.86. The molecule has 0 bridgehead atoms. The normalized spacial score (nSPS) is 17.8. The van der Waals surface area contributed by atoms with E-state index < -0.39 is 0 Å². The van der Waals surface area contributed by atoms with Crippen molar-refractivity contribution in [3.8, 4) is 5.75 Å². The Kier molecular flexibility index (Phi) is 5.94. The van der Waals surface area contributed by atoms with E-state index in [0.29, 0.717) is 17.6 Å². The number of benzene rings is 1. The van der Waals surface area contributed by atoms with Gasteiger partial charge in [-0.25, -0.2) is 0 Å². The summed E-state index contributed by atoms with van der Waals surface area (Å²) in [5.41, 5.74) is 7.40. The molecule has 0 unspecified atom stereocenters. The maximum absolute atomic E-state index is 5.63. The zero-order valence-electron chi connectivity index (χ0n) is 17.0. The number of nitrogens with zero attached hydrogens (tertiary/aromatic N) is 4. The van der Waals surface area contributed by atoms with Gasteiger partial charge in [0.15, 0.2) is 5.11 Å². The molecule has 2 aliphatic rings. The molecule has 1 aromatic carbocycles. The average molecular weight is 410 g/mol. The molecular formula is C22H27N5OS. The fraction of sp³-hybridized carbons (Fsp3) is 0.409. The highest BCUT2D eigenvalue weighted by atomic mass is 32.1. The quantitative estimate of drug-likeness (QED) is 0.620. The first-order valence-corrected chi connectivity index (χ1v) is 10.6. The van der Waals surface area contributed by atoms with Gasteiger partial charge in [-0.1, -0.05) is 26.0 Å². The van der Waals surface area contributed by atoms with E-state index in [9.17, 15) is 0 Å². The summed E-state index contributed by atoms with van der Waals surface area (Å²) in [5.74, 6) is 1.34. The van der Waals surface area contributed by atoms with Crippen molar-refractivity contribution in [1.29, 1.82) is 0 Å². The number of piperazine rings is 1. The van der Waals surface area contributed by atoms with Crippen molar-refractivity contribution >= 4 is 28.7 Å². The number of thiocarbonyl (C=S) groups is 1. The van der Waals surface area contributed by atoms with Crippen molar-refractivity contribution in [1.82, 2.24) is 15.3 Å². The molecule has 7 heteroatoms. The molecule has 0 aliphatic carbocycles. The molecule has 0 saturated carbocycles. The first-order valence-electron chi connectivity index (χ1n) is 10.2. The highest BCUT2D eigenvalue weighted by Gasteiger charge is 2.21. The van der Waals surface area contributed by atoms with Crippen LogP contribution in [0.15, 0.2) is 47.7 Å². The van der Waals surface area contributed by atoms with Gasteiger partial charge in [0, 0.05) is 44.5 Å². The van der Waals surface area contributed by atoms with Gasteiger partial charge in [0.2, 0.25) is 0 Å². The van der Waals surface area contributed by atoms with Gasteiger partial charge < -0.3 is 14.5 Å². The predicted octanol–water partition coefficient (Wildman–Crippen LogP) is 3.39. The molecule has 0 radical (unpaired) electrons. The molecule has 29 heavy (non-hydrogen) atoms. The second-order valence-corrected chi connectivity index (χ2v) is 8.03. The zero-order chi connectivity index (χ0) is 20.2. The first-order chi connectivity index (χ1) is 14.1. The third-order valence-electron chi connectivity index (χ3n) is 5.42. The SMILES string of the molecule is CC(C)c1ccc(N2CCN(C(=S)N/N=C3/CCOc4cccnc43)CC2)cc1. The number of ether oxygens (including phenoxy) is 1. The summed E-state index contributed by atoms with van der Waals surface area (Å²) in [6, 6.07) is 12.7. The van der Waals surface area contributed by atoms with Crippen LogP contribution in [-0.4, -0.2) is 53.5 Å². The molecule has 6 nitrogen and oxygen atoms in total. The van der Waals surface area contributed by atoms with Gasteiger partial charge in [0.05, 0.1) is 12.3 Å². The molecular weight excluding hydrogens is 382 g/mol. The van der Waals surface area contributed by atoms with Crippen molar-refractivity contribution in [2.45, 2.75) is 26.2 Å². The summed E-state index contributed by atoms with van der Waals surface area (Å²) in [6.07, 6.45) is 2.48. The summed E-state index contributed by atoms with van der Waals surface area (Å²) in [5, 5.41) is 5.19. The third kappa shape index (κ3) is 4.50. The van der Waals surface area contributed by atoms with Gasteiger partial charge in [0.1, 0.15) is 11.4 Å². The Labute approximate surface area is 177 Å². The zero-order valence-corrected chi connectivity index (χ0v) is 17.8. The van der Waals surface area contributed by atoms with E-state index in [1.165, 1.54) is 11.3 Å². The number of hydrazone groups is 1. The lowest BCUT2D eigenvalue weighted by Gasteiger charge is -2.37. The van der Waals surface area contributed by atoms with Crippen molar-refractivity contribution in [2.75, 3.05) is 37.7 Å². The Hall–Kier alpha value is -2.67. The maximum atomic E-state index is 5.63. The molecule has 0 amide bonds. The van der Waals surface area contributed by atoms with Crippen LogP contribution in [0.5, 0.6) is 5.75 Å². The standard InChI is InChI=1S/C22H27N5OS/c1-16(2)17-5-7-18(8-6-17)26-11-13-27(14-12-26)22(29)25-24-19-9-15-28-20-4-3-10-23-21(19)20/h3-8,10,16H,9,11-15H2,1-2H3,(H,25,29)/b24-19-. The smallest absolute Gasteiger partial charge is 0.189 e. The minimum absolute atomic E-state index is 0.559. The molecule has 1 fully saturated rings. The lowest BCUT2D eigenvalue weighted by Crippen LogP contribution is -2.51. The van der Waals surface area contributed by atoms with Crippen molar-refractivity contribution in [2.24, 2.45) is 5.10 Å². The highest BCUT2D eigenvalue weighted by Crippen LogP contribution is 2.23. The van der Waals surface area contributed by atoms with Crippen LogP contribution in [0.3, 0.4) is 0 Å². The number of fused-ring (bicyclic) bond motifs is 1. The van der Waals surface area contributed by atoms with Gasteiger partial charge in [-0.2, -0.15) is 5.10 Å². The van der Waals surface area contributed by atoms with Gasteiger partial charge >= 0.3 is 0 Å². The molecule has 1 saturated heterocycles. The Bertz CT molecular complexity index is 888. The van der Waals surface area contributed by atoms with Crippen LogP contribution in [0.1, 0.15) is 37.4 Å². The maximum Gasteiger partial charge on any atom is 0.189 e. The van der Waals surface area contributed by atoms with E-state index >= 15 is 0 Å². The number of nitrogens with one attached hydrogen (secondary N) is 1. The first kappa shape index (κ1) is 19.6. The summed E-state index contributed by atoms with van der Waals surface area (Å²) in [4.78, 5) is 8.98. The van der Waals surface area contributed by atoms with Gasteiger partial charge in [0.25, 0.3) is 0 Å². The number of rotatable bonds is 3. The summed E-state index contributed by atoms with van der Waals surface area (Å²) in [6.45, 7) is 8.69. The lowest BCUT2D eigenvalue weighted by molar-refractivity contribution is 0.318. The molecule has 152 valence electrons. The highest BCUT2D eigenvalue weighted by molar-refractivity contribution is 7.80. The minimum Gasteiger partial charge on any atom is -0.491 e. The van der Waals surface area contributed by atoms with Crippen molar-refractivity contribution in [3.63, 3.8) is 0 Å².